The van der Waals surface area contributed by atoms with Crippen molar-refractivity contribution in [2.45, 2.75) is 12.8 Å². The predicted molar refractivity (Wildman–Crippen MR) is 60.8 cm³/mol. The molecule has 0 unspecified atom stereocenters. The van der Waals surface area contributed by atoms with Gasteiger partial charge in [-0.05, 0) is 18.1 Å². The van der Waals surface area contributed by atoms with Gasteiger partial charge in [0.25, 0.3) is 0 Å². The van der Waals surface area contributed by atoms with Crippen LogP contribution in [0.1, 0.15) is 12.0 Å². The Morgan fingerprint density at radius 1 is 1.38 bits per heavy atom. The number of amidine groups is 1. The van der Waals surface area contributed by atoms with Crippen molar-refractivity contribution in [1.29, 1.82) is 0 Å². The maximum absolute atomic E-state index is 8.87. The minimum absolute atomic E-state index is 0.0839. The van der Waals surface area contributed by atoms with Crippen LogP contribution in [0.5, 0.6) is 5.75 Å². The largest absolute Gasteiger partial charge is 0.493 e. The maximum atomic E-state index is 8.87. The van der Waals surface area contributed by atoms with E-state index in [1.807, 2.05) is 24.3 Å². The van der Waals surface area contributed by atoms with Crippen LogP contribution in [-0.2, 0) is 6.42 Å². The van der Waals surface area contributed by atoms with Crippen LogP contribution in [0.3, 0.4) is 0 Å². The first-order valence-electron chi connectivity index (χ1n) is 5.06. The Kier molecular flexibility index (Phi) is 5.15. The van der Waals surface area contributed by atoms with E-state index in [2.05, 4.69) is 5.16 Å². The second kappa shape index (κ2) is 6.68. The predicted octanol–water partition coefficient (Wildman–Crippen LogP) is 0.737. The Morgan fingerprint density at radius 2 is 2.12 bits per heavy atom. The lowest BCUT2D eigenvalue weighted by molar-refractivity contribution is 0.289. The van der Waals surface area contributed by atoms with E-state index in [4.69, 9.17) is 20.8 Å². The summed E-state index contributed by atoms with van der Waals surface area (Å²) in [6, 6.07) is 7.48. The van der Waals surface area contributed by atoms with Crippen LogP contribution < -0.4 is 10.5 Å². The van der Waals surface area contributed by atoms with Gasteiger partial charge in [-0.15, -0.1) is 0 Å². The molecule has 0 spiro atoms. The number of aliphatic hydroxyl groups excluding tert-OH is 1. The summed E-state index contributed by atoms with van der Waals surface area (Å²) in [4.78, 5) is 0. The smallest absolute Gasteiger partial charge is 0.142 e. The molecule has 0 bridgehead atoms. The molecule has 5 heteroatoms. The van der Waals surface area contributed by atoms with Gasteiger partial charge in [-0.25, -0.2) is 0 Å². The molecule has 0 heterocycles. The Bertz CT molecular complexity index is 353. The minimum atomic E-state index is 0.0839. The van der Waals surface area contributed by atoms with E-state index in [1.54, 1.807) is 0 Å². The van der Waals surface area contributed by atoms with Gasteiger partial charge >= 0.3 is 0 Å². The van der Waals surface area contributed by atoms with Crippen LogP contribution in [0.2, 0.25) is 0 Å². The van der Waals surface area contributed by atoms with Crippen LogP contribution in [0.25, 0.3) is 0 Å². The van der Waals surface area contributed by atoms with Crippen LogP contribution in [0.4, 0.5) is 0 Å². The number of oxime groups is 1. The molecule has 0 aliphatic carbocycles. The van der Waals surface area contributed by atoms with Crippen LogP contribution in [0.15, 0.2) is 29.4 Å². The summed E-state index contributed by atoms with van der Waals surface area (Å²) in [5, 5.41) is 20.1. The first kappa shape index (κ1) is 12.3. The Morgan fingerprint density at radius 3 is 2.81 bits per heavy atom. The normalized spacial score (nSPS) is 11.4. The maximum Gasteiger partial charge on any atom is 0.142 e. The van der Waals surface area contributed by atoms with E-state index in [9.17, 15) is 0 Å². The third kappa shape index (κ3) is 3.78. The number of benzene rings is 1. The quantitative estimate of drug-likeness (QED) is 0.288. The van der Waals surface area contributed by atoms with Crippen molar-refractivity contribution >= 4 is 5.84 Å². The fourth-order valence-electron chi connectivity index (χ4n) is 1.29. The number of aliphatic hydroxyl groups is 1. The van der Waals surface area contributed by atoms with E-state index >= 15 is 0 Å². The van der Waals surface area contributed by atoms with E-state index < -0.39 is 0 Å². The average molecular weight is 224 g/mol. The lowest BCUT2D eigenvalue weighted by Gasteiger charge is -2.10. The second-order valence-corrected chi connectivity index (χ2v) is 3.27. The molecule has 1 rings (SSSR count). The van der Waals surface area contributed by atoms with Crippen molar-refractivity contribution in [3.63, 3.8) is 0 Å². The summed E-state index contributed by atoms with van der Waals surface area (Å²) in [5.74, 6) is 0.863. The zero-order valence-corrected chi connectivity index (χ0v) is 8.97. The number of nitrogens with zero attached hydrogens (tertiary/aromatic N) is 1. The van der Waals surface area contributed by atoms with E-state index in [0.717, 1.165) is 11.3 Å². The molecule has 0 fully saturated rings. The fourth-order valence-corrected chi connectivity index (χ4v) is 1.29. The van der Waals surface area contributed by atoms with Crippen molar-refractivity contribution in [2.24, 2.45) is 10.9 Å². The average Bonchev–Trinajstić information content (AvgIpc) is 2.31. The van der Waals surface area contributed by atoms with Gasteiger partial charge in [-0.2, -0.15) is 0 Å². The summed E-state index contributed by atoms with van der Waals surface area (Å²) in [6.45, 7) is 0.430. The van der Waals surface area contributed by atoms with E-state index in [0.29, 0.717) is 19.4 Å². The van der Waals surface area contributed by atoms with Gasteiger partial charge in [0.15, 0.2) is 0 Å². The zero-order valence-electron chi connectivity index (χ0n) is 8.97. The lowest BCUT2D eigenvalue weighted by Crippen LogP contribution is -2.15. The van der Waals surface area contributed by atoms with Crippen LogP contribution in [0, 0.1) is 0 Å². The first-order valence-corrected chi connectivity index (χ1v) is 5.06. The SMILES string of the molecule is N/C(CCOc1ccccc1CCO)=N/O. The highest BCUT2D eigenvalue weighted by Crippen LogP contribution is 2.18. The first-order chi connectivity index (χ1) is 7.77. The van der Waals surface area contributed by atoms with Crippen molar-refractivity contribution in [2.75, 3.05) is 13.2 Å². The number of hydrogen-bond acceptors (Lipinski definition) is 4. The standard InChI is InChI=1S/C11H16N2O3/c12-11(13-15)6-8-16-10-4-2-1-3-9(10)5-7-14/h1-4,14-15H,5-8H2,(H2,12,13). The molecule has 1 aromatic rings. The van der Waals surface area contributed by atoms with Gasteiger partial charge in [0.05, 0.1) is 6.61 Å². The Balaban J connectivity index is 2.52. The Hall–Kier alpha value is -1.75. The van der Waals surface area contributed by atoms with Crippen LogP contribution in [-0.4, -0.2) is 29.4 Å². The van der Waals surface area contributed by atoms with Gasteiger partial charge in [0, 0.05) is 13.0 Å². The number of ether oxygens (including phenoxy) is 1. The second-order valence-electron chi connectivity index (χ2n) is 3.27. The molecule has 0 saturated heterocycles. The van der Waals surface area contributed by atoms with Crippen molar-refractivity contribution in [3.05, 3.63) is 29.8 Å². The van der Waals surface area contributed by atoms with E-state index in [-0.39, 0.29) is 12.4 Å². The molecule has 0 aromatic heterocycles. The third-order valence-electron chi connectivity index (χ3n) is 2.10. The summed E-state index contributed by atoms with van der Waals surface area (Å²) < 4.78 is 5.48. The molecular weight excluding hydrogens is 208 g/mol. The third-order valence-corrected chi connectivity index (χ3v) is 2.10. The molecule has 88 valence electrons. The molecule has 4 N–H and O–H groups in total. The number of nitrogens with two attached hydrogens (primary N) is 1. The zero-order chi connectivity index (χ0) is 11.8. The monoisotopic (exact) mass is 224 g/mol. The van der Waals surface area contributed by atoms with Crippen molar-refractivity contribution < 1.29 is 15.1 Å². The molecule has 0 saturated carbocycles. The van der Waals surface area contributed by atoms with Crippen molar-refractivity contribution in [1.82, 2.24) is 0 Å². The molecule has 0 amide bonds. The molecule has 0 radical (unpaired) electrons. The molecule has 0 aliphatic rings. The van der Waals surface area contributed by atoms with Gasteiger partial charge in [-0.1, -0.05) is 23.4 Å². The molecule has 1 aromatic carbocycles. The van der Waals surface area contributed by atoms with Crippen LogP contribution >= 0.6 is 0 Å². The minimum Gasteiger partial charge on any atom is -0.493 e. The summed E-state index contributed by atoms with van der Waals surface area (Å²) >= 11 is 0. The van der Waals surface area contributed by atoms with E-state index in [1.165, 1.54) is 0 Å². The lowest BCUT2D eigenvalue weighted by atomic mass is 10.1. The summed E-state index contributed by atoms with van der Waals surface area (Å²) in [7, 11) is 0. The number of hydrogen-bond donors (Lipinski definition) is 3. The summed E-state index contributed by atoms with van der Waals surface area (Å²) in [6.07, 6.45) is 0.920. The molecule has 0 atom stereocenters. The summed E-state index contributed by atoms with van der Waals surface area (Å²) in [5.41, 5.74) is 6.26. The Labute approximate surface area is 94.1 Å². The highest BCUT2D eigenvalue weighted by atomic mass is 16.5. The van der Waals surface area contributed by atoms with Gasteiger partial charge < -0.3 is 20.8 Å². The molecule has 5 nitrogen and oxygen atoms in total. The molecule has 0 aliphatic heterocycles. The van der Waals surface area contributed by atoms with Gasteiger partial charge in [0.2, 0.25) is 0 Å². The molecular formula is C11H16N2O3. The molecule has 16 heavy (non-hydrogen) atoms. The fraction of sp³-hybridized carbons (Fsp3) is 0.364. The topological polar surface area (TPSA) is 88.1 Å². The highest BCUT2D eigenvalue weighted by Gasteiger charge is 2.02. The van der Waals surface area contributed by atoms with Gasteiger partial charge in [0.1, 0.15) is 11.6 Å². The van der Waals surface area contributed by atoms with Crippen molar-refractivity contribution in [3.8, 4) is 5.75 Å². The number of para-hydroxylation sites is 1. The highest BCUT2D eigenvalue weighted by molar-refractivity contribution is 5.79. The number of rotatable bonds is 6. The van der Waals surface area contributed by atoms with Gasteiger partial charge in [-0.3, -0.25) is 0 Å².